The molecule has 0 spiro atoms. The first-order chi connectivity index (χ1) is 8.04. The average molecular weight is 233 g/mol. The number of hydrogen-bond acceptors (Lipinski definition) is 2. The Balaban J connectivity index is 3.01. The Kier molecular flexibility index (Phi) is 5.20. The van der Waals surface area contributed by atoms with Crippen LogP contribution in [-0.4, -0.2) is 17.9 Å². The summed E-state index contributed by atoms with van der Waals surface area (Å²) >= 11 is 0. The van der Waals surface area contributed by atoms with Crippen LogP contribution in [0.25, 0.3) is 0 Å². The van der Waals surface area contributed by atoms with Crippen molar-refractivity contribution >= 4 is 6.21 Å². The molecule has 94 valence electrons. The largest absolute Gasteiger partial charge is 0.507 e. The van der Waals surface area contributed by atoms with Gasteiger partial charge < -0.3 is 5.11 Å². The van der Waals surface area contributed by atoms with Crippen LogP contribution in [0.1, 0.15) is 43.9 Å². The number of phenolic OH excluding ortho intramolecular Hbond substituents is 1. The maximum atomic E-state index is 10.2. The van der Waals surface area contributed by atoms with Crippen molar-refractivity contribution in [2.45, 2.75) is 40.5 Å². The van der Waals surface area contributed by atoms with Gasteiger partial charge in [0.15, 0.2) is 0 Å². The van der Waals surface area contributed by atoms with E-state index < -0.39 is 0 Å². The predicted octanol–water partition coefficient (Wildman–Crippen LogP) is 3.73. The second-order valence-corrected chi connectivity index (χ2v) is 5.00. The van der Waals surface area contributed by atoms with Gasteiger partial charge in [-0.25, -0.2) is 0 Å². The summed E-state index contributed by atoms with van der Waals surface area (Å²) in [5, 5.41) is 10.2. The van der Waals surface area contributed by atoms with Crippen molar-refractivity contribution < 1.29 is 5.11 Å². The molecule has 0 aliphatic rings. The molecule has 0 radical (unpaired) electrons. The molecule has 17 heavy (non-hydrogen) atoms. The lowest BCUT2D eigenvalue weighted by molar-refractivity contribution is 0.461. The van der Waals surface area contributed by atoms with Crippen LogP contribution in [0, 0.1) is 12.8 Å². The molecule has 0 aliphatic heterocycles. The molecular formula is C15H23NO. The third-order valence-corrected chi connectivity index (χ3v) is 2.57. The van der Waals surface area contributed by atoms with Crippen molar-refractivity contribution in [1.29, 1.82) is 0 Å². The maximum absolute atomic E-state index is 10.2. The highest BCUT2D eigenvalue weighted by molar-refractivity contribution is 5.84. The minimum atomic E-state index is 0.393. The molecule has 0 unspecified atom stereocenters. The first-order valence-electron chi connectivity index (χ1n) is 6.37. The molecule has 0 fully saturated rings. The molecule has 1 aromatic carbocycles. The molecule has 1 rings (SSSR count). The molecule has 0 amide bonds. The van der Waals surface area contributed by atoms with Gasteiger partial charge in [0.05, 0.1) is 0 Å². The smallest absolute Gasteiger partial charge is 0.127 e. The Hall–Kier alpha value is -1.31. The van der Waals surface area contributed by atoms with E-state index in [0.29, 0.717) is 11.7 Å². The van der Waals surface area contributed by atoms with Crippen LogP contribution in [-0.2, 0) is 6.42 Å². The van der Waals surface area contributed by atoms with Crippen LogP contribution < -0.4 is 0 Å². The first kappa shape index (κ1) is 13.8. The molecule has 1 N–H and O–H groups in total. The van der Waals surface area contributed by atoms with Gasteiger partial charge in [0.2, 0.25) is 0 Å². The summed E-state index contributed by atoms with van der Waals surface area (Å²) in [5.74, 6) is 0.937. The molecule has 0 aromatic heterocycles. The molecule has 2 heteroatoms. The minimum Gasteiger partial charge on any atom is -0.507 e. The number of hydrogen-bond donors (Lipinski definition) is 1. The van der Waals surface area contributed by atoms with Gasteiger partial charge in [-0.05, 0) is 42.9 Å². The first-order valence-corrected chi connectivity index (χ1v) is 6.37. The molecule has 2 nitrogen and oxygen atoms in total. The van der Waals surface area contributed by atoms with E-state index in [1.165, 1.54) is 5.56 Å². The number of phenols is 1. The Bertz CT molecular complexity index is 394. The van der Waals surface area contributed by atoms with Crippen molar-refractivity contribution in [2.75, 3.05) is 6.54 Å². The average Bonchev–Trinajstić information content (AvgIpc) is 2.24. The molecule has 0 aliphatic carbocycles. The number of benzene rings is 1. The zero-order chi connectivity index (χ0) is 12.8. The maximum Gasteiger partial charge on any atom is 0.127 e. The number of rotatable bonds is 5. The van der Waals surface area contributed by atoms with E-state index in [1.54, 1.807) is 6.21 Å². The van der Waals surface area contributed by atoms with Crippen LogP contribution in [0.3, 0.4) is 0 Å². The second kappa shape index (κ2) is 6.43. The number of nitrogens with zero attached hydrogens (tertiary/aromatic N) is 1. The number of aryl methyl sites for hydroxylation is 1. The Morgan fingerprint density at radius 1 is 1.35 bits per heavy atom. The normalized spacial score (nSPS) is 11.6. The van der Waals surface area contributed by atoms with Crippen molar-refractivity contribution in [1.82, 2.24) is 0 Å². The monoisotopic (exact) mass is 233 g/mol. The topological polar surface area (TPSA) is 32.6 Å². The summed E-state index contributed by atoms with van der Waals surface area (Å²) in [7, 11) is 0. The quantitative estimate of drug-likeness (QED) is 0.772. The van der Waals surface area contributed by atoms with Crippen LogP contribution in [0.4, 0.5) is 0 Å². The number of aliphatic imine (C=N–C) groups is 1. The lowest BCUT2D eigenvalue weighted by atomic mass is 9.97. The van der Waals surface area contributed by atoms with Crippen molar-refractivity contribution in [3.63, 3.8) is 0 Å². The SMILES string of the molecule is CCCN=Cc1cc(C)cc(CC(C)C)c1O. The van der Waals surface area contributed by atoms with Crippen molar-refractivity contribution in [3.05, 3.63) is 28.8 Å². The van der Waals surface area contributed by atoms with Crippen molar-refractivity contribution in [3.8, 4) is 5.75 Å². The molecule has 0 saturated heterocycles. The van der Waals surface area contributed by atoms with E-state index in [4.69, 9.17) is 0 Å². The van der Waals surface area contributed by atoms with Gasteiger partial charge in [0.25, 0.3) is 0 Å². The van der Waals surface area contributed by atoms with Gasteiger partial charge in [-0.1, -0.05) is 26.8 Å². The van der Waals surface area contributed by atoms with Crippen LogP contribution in [0.2, 0.25) is 0 Å². The Morgan fingerprint density at radius 2 is 2.06 bits per heavy atom. The van der Waals surface area contributed by atoms with Gasteiger partial charge in [-0.3, -0.25) is 4.99 Å². The van der Waals surface area contributed by atoms with Gasteiger partial charge in [0, 0.05) is 18.3 Å². The van der Waals surface area contributed by atoms with E-state index in [9.17, 15) is 5.11 Å². The summed E-state index contributed by atoms with van der Waals surface area (Å²) < 4.78 is 0. The van der Waals surface area contributed by atoms with E-state index in [0.717, 1.165) is 30.5 Å². The summed E-state index contributed by atoms with van der Waals surface area (Å²) in [4.78, 5) is 4.30. The van der Waals surface area contributed by atoms with Gasteiger partial charge in [-0.2, -0.15) is 0 Å². The summed E-state index contributed by atoms with van der Waals surface area (Å²) in [6, 6.07) is 4.05. The fourth-order valence-corrected chi connectivity index (χ4v) is 1.87. The molecule has 0 heterocycles. The molecule has 0 atom stereocenters. The Labute approximate surface area is 104 Å². The van der Waals surface area contributed by atoms with E-state index in [-0.39, 0.29) is 0 Å². The lowest BCUT2D eigenvalue weighted by Crippen LogP contribution is -1.98. The summed E-state index contributed by atoms with van der Waals surface area (Å²) in [6.45, 7) is 9.28. The molecular weight excluding hydrogens is 210 g/mol. The number of aromatic hydroxyl groups is 1. The predicted molar refractivity (Wildman–Crippen MR) is 74.1 cm³/mol. The zero-order valence-electron chi connectivity index (χ0n) is 11.3. The Morgan fingerprint density at radius 3 is 2.65 bits per heavy atom. The lowest BCUT2D eigenvalue weighted by Gasteiger charge is -2.11. The molecule has 1 aromatic rings. The van der Waals surface area contributed by atoms with E-state index in [2.05, 4.69) is 38.8 Å². The highest BCUT2D eigenvalue weighted by atomic mass is 16.3. The van der Waals surface area contributed by atoms with Crippen LogP contribution in [0.15, 0.2) is 17.1 Å². The van der Waals surface area contributed by atoms with Gasteiger partial charge in [0.1, 0.15) is 5.75 Å². The molecule has 0 bridgehead atoms. The fourth-order valence-electron chi connectivity index (χ4n) is 1.87. The van der Waals surface area contributed by atoms with Crippen LogP contribution in [0.5, 0.6) is 5.75 Å². The fraction of sp³-hybridized carbons (Fsp3) is 0.533. The van der Waals surface area contributed by atoms with E-state index >= 15 is 0 Å². The summed E-state index contributed by atoms with van der Waals surface area (Å²) in [6.07, 6.45) is 3.72. The third kappa shape index (κ3) is 4.22. The standard InChI is InChI=1S/C15H23NO/c1-5-6-16-10-14-9-12(4)8-13(15(14)17)7-11(2)3/h8-11,17H,5-7H2,1-4H3. The van der Waals surface area contributed by atoms with Gasteiger partial charge >= 0.3 is 0 Å². The summed E-state index contributed by atoms with van der Waals surface area (Å²) in [5.41, 5.74) is 3.04. The van der Waals surface area contributed by atoms with Crippen molar-refractivity contribution in [2.24, 2.45) is 10.9 Å². The van der Waals surface area contributed by atoms with Crippen LogP contribution >= 0.6 is 0 Å². The highest BCUT2D eigenvalue weighted by Gasteiger charge is 2.08. The second-order valence-electron chi connectivity index (χ2n) is 5.00. The highest BCUT2D eigenvalue weighted by Crippen LogP contribution is 2.25. The van der Waals surface area contributed by atoms with E-state index in [1.807, 2.05) is 6.07 Å². The zero-order valence-corrected chi connectivity index (χ0v) is 11.3. The third-order valence-electron chi connectivity index (χ3n) is 2.57. The molecule has 0 saturated carbocycles. The minimum absolute atomic E-state index is 0.393. The van der Waals surface area contributed by atoms with Gasteiger partial charge in [-0.15, -0.1) is 0 Å².